The van der Waals surface area contributed by atoms with Gasteiger partial charge in [0.05, 0.1) is 6.20 Å². The molecule has 2 aromatic heterocycles. The highest BCUT2D eigenvalue weighted by atomic mass is 32.2. The smallest absolute Gasteiger partial charge is 0.265 e. The lowest BCUT2D eigenvalue weighted by molar-refractivity contribution is 0.0743. The third-order valence-corrected chi connectivity index (χ3v) is 6.98. The van der Waals surface area contributed by atoms with Crippen molar-refractivity contribution in [1.29, 1.82) is 0 Å². The van der Waals surface area contributed by atoms with Crippen molar-refractivity contribution in [2.24, 2.45) is 0 Å². The summed E-state index contributed by atoms with van der Waals surface area (Å²) in [5.41, 5.74) is 0. The molecule has 7 heteroatoms. The number of rotatable bonds is 4. The third-order valence-electron chi connectivity index (χ3n) is 4.30. The third kappa shape index (κ3) is 3.40. The van der Waals surface area contributed by atoms with E-state index in [0.717, 1.165) is 31.7 Å². The van der Waals surface area contributed by atoms with Gasteiger partial charge in [-0.05, 0) is 18.9 Å². The van der Waals surface area contributed by atoms with Gasteiger partial charge in [0.25, 0.3) is 5.91 Å². The van der Waals surface area contributed by atoms with Crippen molar-refractivity contribution in [3.05, 3.63) is 29.5 Å². The standard InChI is InChI=1S/C16H20N4OS2/c1-3-16(4-2)11-20(8-9-22-16)15(21)12-10-19-14(23-12)13-17-6-5-7-18-13/h5-7,10H,3-4,8-9,11H2,1-2H3. The topological polar surface area (TPSA) is 59.0 Å². The van der Waals surface area contributed by atoms with Crippen molar-refractivity contribution in [2.75, 3.05) is 18.8 Å². The minimum absolute atomic E-state index is 0.0799. The molecule has 0 spiro atoms. The van der Waals surface area contributed by atoms with Gasteiger partial charge in [0.1, 0.15) is 4.88 Å². The molecule has 23 heavy (non-hydrogen) atoms. The van der Waals surface area contributed by atoms with Gasteiger partial charge in [-0.1, -0.05) is 13.8 Å². The number of carbonyl (C=O) groups is 1. The molecule has 0 bridgehead atoms. The van der Waals surface area contributed by atoms with Crippen LogP contribution in [0.1, 0.15) is 36.4 Å². The van der Waals surface area contributed by atoms with E-state index in [0.29, 0.717) is 15.7 Å². The van der Waals surface area contributed by atoms with Gasteiger partial charge in [0.2, 0.25) is 0 Å². The average molecular weight is 348 g/mol. The zero-order valence-corrected chi connectivity index (χ0v) is 15.0. The molecule has 0 aromatic carbocycles. The Hall–Kier alpha value is -1.47. The molecule has 2 aromatic rings. The summed E-state index contributed by atoms with van der Waals surface area (Å²) in [6.07, 6.45) is 7.20. The zero-order chi connectivity index (χ0) is 16.3. The fraction of sp³-hybridized carbons (Fsp3) is 0.500. The van der Waals surface area contributed by atoms with Gasteiger partial charge in [-0.3, -0.25) is 4.79 Å². The van der Waals surface area contributed by atoms with E-state index < -0.39 is 0 Å². The van der Waals surface area contributed by atoms with Crippen molar-refractivity contribution in [1.82, 2.24) is 19.9 Å². The van der Waals surface area contributed by atoms with Gasteiger partial charge in [-0.25, -0.2) is 15.0 Å². The largest absolute Gasteiger partial charge is 0.336 e. The van der Waals surface area contributed by atoms with E-state index in [-0.39, 0.29) is 10.7 Å². The first kappa shape index (κ1) is 16.4. The lowest BCUT2D eigenvalue weighted by Crippen LogP contribution is -2.48. The van der Waals surface area contributed by atoms with Crippen molar-refractivity contribution >= 4 is 29.0 Å². The summed E-state index contributed by atoms with van der Waals surface area (Å²) >= 11 is 3.37. The van der Waals surface area contributed by atoms with Crippen molar-refractivity contribution in [3.8, 4) is 10.8 Å². The number of hydrogen-bond acceptors (Lipinski definition) is 6. The molecule has 1 aliphatic heterocycles. The van der Waals surface area contributed by atoms with Crippen molar-refractivity contribution in [3.63, 3.8) is 0 Å². The Kier molecular flexibility index (Phi) is 4.96. The van der Waals surface area contributed by atoms with Crippen LogP contribution in [0.25, 0.3) is 10.8 Å². The Morgan fingerprint density at radius 1 is 1.26 bits per heavy atom. The van der Waals surface area contributed by atoms with Gasteiger partial charge in [-0.15, -0.1) is 11.3 Å². The van der Waals surface area contributed by atoms with E-state index in [9.17, 15) is 4.79 Å². The molecule has 0 unspecified atom stereocenters. The summed E-state index contributed by atoms with van der Waals surface area (Å²) in [5.74, 6) is 1.65. The molecule has 5 nitrogen and oxygen atoms in total. The van der Waals surface area contributed by atoms with E-state index in [1.807, 2.05) is 16.7 Å². The second kappa shape index (κ2) is 6.97. The van der Waals surface area contributed by atoms with Gasteiger partial charge in [-0.2, -0.15) is 11.8 Å². The molecule has 122 valence electrons. The lowest BCUT2D eigenvalue weighted by atomic mass is 10.0. The van der Waals surface area contributed by atoms with Crippen LogP contribution in [0.4, 0.5) is 0 Å². The lowest BCUT2D eigenvalue weighted by Gasteiger charge is -2.41. The first-order valence-corrected chi connectivity index (χ1v) is 9.64. The van der Waals surface area contributed by atoms with Gasteiger partial charge in [0.15, 0.2) is 10.8 Å². The highest BCUT2D eigenvalue weighted by molar-refractivity contribution is 8.00. The van der Waals surface area contributed by atoms with E-state index in [1.54, 1.807) is 24.7 Å². The van der Waals surface area contributed by atoms with Crippen LogP contribution >= 0.6 is 23.1 Å². The van der Waals surface area contributed by atoms with E-state index in [2.05, 4.69) is 28.8 Å². The van der Waals surface area contributed by atoms with Crippen LogP contribution in [0.2, 0.25) is 0 Å². The Morgan fingerprint density at radius 2 is 2.00 bits per heavy atom. The normalized spacial score (nSPS) is 17.2. The van der Waals surface area contributed by atoms with Gasteiger partial charge in [0, 0.05) is 36.0 Å². The maximum absolute atomic E-state index is 12.8. The summed E-state index contributed by atoms with van der Waals surface area (Å²) in [7, 11) is 0. The highest BCUT2D eigenvalue weighted by Crippen LogP contribution is 2.37. The Balaban J connectivity index is 1.77. The quantitative estimate of drug-likeness (QED) is 0.848. The number of thioether (sulfide) groups is 1. The van der Waals surface area contributed by atoms with Crippen LogP contribution in [0.15, 0.2) is 24.7 Å². The number of carbonyl (C=O) groups excluding carboxylic acids is 1. The fourth-order valence-electron chi connectivity index (χ4n) is 2.74. The molecule has 1 saturated heterocycles. The molecule has 1 fully saturated rings. The molecular weight excluding hydrogens is 328 g/mol. The summed E-state index contributed by atoms with van der Waals surface area (Å²) in [4.78, 5) is 28.2. The van der Waals surface area contributed by atoms with Crippen molar-refractivity contribution in [2.45, 2.75) is 31.4 Å². The molecule has 3 rings (SSSR count). The SMILES string of the molecule is CCC1(CC)CN(C(=O)c2cnc(-c3ncccn3)s2)CCS1. The minimum atomic E-state index is 0.0799. The average Bonchev–Trinajstić information content (AvgIpc) is 3.12. The second-order valence-electron chi connectivity index (χ2n) is 5.57. The van der Waals surface area contributed by atoms with Crippen LogP contribution in [0.3, 0.4) is 0 Å². The Morgan fingerprint density at radius 3 is 2.70 bits per heavy atom. The molecule has 0 atom stereocenters. The Bertz CT molecular complexity index is 670. The molecule has 1 amide bonds. The maximum Gasteiger partial charge on any atom is 0.265 e. The fourth-order valence-corrected chi connectivity index (χ4v) is 4.97. The number of hydrogen-bond donors (Lipinski definition) is 0. The van der Waals surface area contributed by atoms with E-state index in [1.165, 1.54) is 11.3 Å². The number of nitrogens with zero attached hydrogens (tertiary/aromatic N) is 4. The molecular formula is C16H20N4OS2. The molecule has 0 saturated carbocycles. The first-order chi connectivity index (χ1) is 11.2. The highest BCUT2D eigenvalue weighted by Gasteiger charge is 2.35. The predicted molar refractivity (Wildman–Crippen MR) is 94.8 cm³/mol. The molecule has 0 N–H and O–H groups in total. The zero-order valence-electron chi connectivity index (χ0n) is 13.4. The first-order valence-electron chi connectivity index (χ1n) is 7.84. The monoisotopic (exact) mass is 348 g/mol. The predicted octanol–water partition coefficient (Wildman–Crippen LogP) is 3.35. The Labute approximate surface area is 144 Å². The second-order valence-corrected chi connectivity index (χ2v) is 8.16. The molecule has 1 aliphatic rings. The maximum atomic E-state index is 12.8. The molecule has 3 heterocycles. The molecule has 0 aliphatic carbocycles. The van der Waals surface area contributed by atoms with Gasteiger partial charge >= 0.3 is 0 Å². The van der Waals surface area contributed by atoms with E-state index >= 15 is 0 Å². The summed E-state index contributed by atoms with van der Waals surface area (Å²) < 4.78 is 0.198. The number of amides is 1. The van der Waals surface area contributed by atoms with Crippen LogP contribution < -0.4 is 0 Å². The summed E-state index contributed by atoms with van der Waals surface area (Å²) in [5, 5.41) is 0.692. The van der Waals surface area contributed by atoms with Crippen LogP contribution in [0, 0.1) is 0 Å². The molecule has 0 radical (unpaired) electrons. The summed E-state index contributed by atoms with van der Waals surface area (Å²) in [6, 6.07) is 1.77. The van der Waals surface area contributed by atoms with Crippen LogP contribution in [0.5, 0.6) is 0 Å². The van der Waals surface area contributed by atoms with Crippen LogP contribution in [-0.2, 0) is 0 Å². The number of thiazole rings is 1. The number of aromatic nitrogens is 3. The van der Waals surface area contributed by atoms with Crippen molar-refractivity contribution < 1.29 is 4.79 Å². The van der Waals surface area contributed by atoms with E-state index in [4.69, 9.17) is 0 Å². The van der Waals surface area contributed by atoms with Gasteiger partial charge < -0.3 is 4.90 Å². The summed E-state index contributed by atoms with van der Waals surface area (Å²) in [6.45, 7) is 6.04. The van der Waals surface area contributed by atoms with Crippen LogP contribution in [-0.4, -0.2) is 49.3 Å². The minimum Gasteiger partial charge on any atom is -0.336 e.